The fourth-order valence-corrected chi connectivity index (χ4v) is 4.07. The van der Waals surface area contributed by atoms with E-state index in [1.165, 1.54) is 0 Å². The Morgan fingerprint density at radius 1 is 1.03 bits per heavy atom. The third-order valence-electron chi connectivity index (χ3n) is 5.62. The van der Waals surface area contributed by atoms with Crippen molar-refractivity contribution in [3.05, 3.63) is 90.3 Å². The normalized spacial score (nSPS) is 18.4. The topological polar surface area (TPSA) is 71.5 Å². The van der Waals surface area contributed by atoms with Gasteiger partial charge >= 0.3 is 0 Å². The lowest BCUT2D eigenvalue weighted by Gasteiger charge is -2.41. The standard InChI is InChI=1S/C25H25N3O3/c1-26-24(30)25(17-21-9-5-6-10-22(21)19-11-13-27-14-12-19)18-28(15-16-31-25)23(29)20-7-3-2-4-8-20/h2-14H,15-18H2,1H3,(H,26,30)/t25-/m1/s1. The fourth-order valence-electron chi connectivity index (χ4n) is 4.07. The molecule has 158 valence electrons. The molecule has 1 N–H and O–H groups in total. The summed E-state index contributed by atoms with van der Waals surface area (Å²) in [7, 11) is 1.60. The van der Waals surface area contributed by atoms with Crippen LogP contribution in [0.5, 0.6) is 0 Å². The number of nitrogens with one attached hydrogen (secondary N) is 1. The molecule has 1 aliphatic rings. The number of ether oxygens (including phenoxy) is 1. The number of hydrogen-bond donors (Lipinski definition) is 1. The molecule has 1 saturated heterocycles. The van der Waals surface area contributed by atoms with E-state index in [-0.39, 0.29) is 18.4 Å². The second-order valence-electron chi connectivity index (χ2n) is 7.58. The van der Waals surface area contributed by atoms with Gasteiger partial charge in [-0.1, -0.05) is 42.5 Å². The van der Waals surface area contributed by atoms with Crippen LogP contribution in [-0.2, 0) is 16.0 Å². The molecule has 0 saturated carbocycles. The Hall–Kier alpha value is -3.51. The number of rotatable bonds is 5. The molecule has 0 bridgehead atoms. The lowest BCUT2D eigenvalue weighted by Crippen LogP contribution is -2.61. The van der Waals surface area contributed by atoms with Crippen LogP contribution in [0.1, 0.15) is 15.9 Å². The van der Waals surface area contributed by atoms with E-state index in [9.17, 15) is 9.59 Å². The van der Waals surface area contributed by atoms with Crippen LogP contribution in [0.2, 0.25) is 0 Å². The van der Waals surface area contributed by atoms with Crippen molar-refractivity contribution in [3.8, 4) is 11.1 Å². The highest BCUT2D eigenvalue weighted by Gasteiger charge is 2.45. The number of benzene rings is 2. The van der Waals surface area contributed by atoms with Crippen LogP contribution < -0.4 is 5.32 Å². The summed E-state index contributed by atoms with van der Waals surface area (Å²) < 4.78 is 6.11. The smallest absolute Gasteiger partial charge is 0.254 e. The molecule has 3 aromatic rings. The van der Waals surface area contributed by atoms with Gasteiger partial charge in [0.2, 0.25) is 0 Å². The van der Waals surface area contributed by atoms with E-state index in [1.54, 1.807) is 36.5 Å². The van der Waals surface area contributed by atoms with Crippen molar-refractivity contribution < 1.29 is 14.3 Å². The van der Waals surface area contributed by atoms with Gasteiger partial charge in [0.25, 0.3) is 11.8 Å². The minimum Gasteiger partial charge on any atom is -0.361 e. The van der Waals surface area contributed by atoms with Gasteiger partial charge in [-0.15, -0.1) is 0 Å². The lowest BCUT2D eigenvalue weighted by molar-refractivity contribution is -0.156. The molecule has 6 nitrogen and oxygen atoms in total. The molecule has 0 spiro atoms. The van der Waals surface area contributed by atoms with Crippen molar-refractivity contribution in [2.45, 2.75) is 12.0 Å². The van der Waals surface area contributed by atoms with Crippen LogP contribution >= 0.6 is 0 Å². The molecule has 0 unspecified atom stereocenters. The molecule has 6 heteroatoms. The van der Waals surface area contributed by atoms with E-state index in [0.29, 0.717) is 25.1 Å². The molecular formula is C25H25N3O3. The summed E-state index contributed by atoms with van der Waals surface area (Å²) in [4.78, 5) is 31.9. The van der Waals surface area contributed by atoms with Crippen molar-refractivity contribution >= 4 is 11.8 Å². The average molecular weight is 415 g/mol. The van der Waals surface area contributed by atoms with Crippen LogP contribution in [-0.4, -0.2) is 54.0 Å². The third-order valence-corrected chi connectivity index (χ3v) is 5.62. The molecule has 2 heterocycles. The summed E-state index contributed by atoms with van der Waals surface area (Å²) in [5, 5.41) is 2.74. The second-order valence-corrected chi connectivity index (χ2v) is 7.58. The van der Waals surface area contributed by atoms with Crippen LogP contribution in [0.3, 0.4) is 0 Å². The van der Waals surface area contributed by atoms with E-state index in [2.05, 4.69) is 10.3 Å². The van der Waals surface area contributed by atoms with E-state index >= 15 is 0 Å². The lowest BCUT2D eigenvalue weighted by atomic mass is 9.87. The van der Waals surface area contributed by atoms with Gasteiger partial charge in [0, 0.05) is 38.0 Å². The Kier molecular flexibility index (Phi) is 6.09. The quantitative estimate of drug-likeness (QED) is 0.696. The number of aromatic nitrogens is 1. The number of carbonyl (C=O) groups excluding carboxylic acids is 2. The number of pyridine rings is 1. The SMILES string of the molecule is CNC(=O)[C@@]1(Cc2ccccc2-c2ccncc2)CN(C(=O)c2ccccc2)CCO1. The largest absolute Gasteiger partial charge is 0.361 e. The molecule has 1 aromatic heterocycles. The maximum atomic E-state index is 13.1. The van der Waals surface area contributed by atoms with Gasteiger partial charge in [0.05, 0.1) is 13.2 Å². The minimum absolute atomic E-state index is 0.0976. The van der Waals surface area contributed by atoms with E-state index in [1.807, 2.05) is 54.6 Å². The van der Waals surface area contributed by atoms with Gasteiger partial charge in [-0.2, -0.15) is 0 Å². The van der Waals surface area contributed by atoms with Crippen LogP contribution in [0.15, 0.2) is 79.1 Å². The van der Waals surface area contributed by atoms with Gasteiger partial charge < -0.3 is 15.0 Å². The number of likely N-dealkylation sites (N-methyl/N-ethyl adjacent to an activating group) is 1. The first-order valence-electron chi connectivity index (χ1n) is 10.3. The fraction of sp³-hybridized carbons (Fsp3) is 0.240. The zero-order valence-electron chi connectivity index (χ0n) is 17.5. The van der Waals surface area contributed by atoms with Gasteiger partial charge in [-0.3, -0.25) is 14.6 Å². The van der Waals surface area contributed by atoms with Gasteiger partial charge in [0.15, 0.2) is 5.60 Å². The summed E-state index contributed by atoms with van der Waals surface area (Å²) in [6, 6.07) is 21.0. The van der Waals surface area contributed by atoms with Gasteiger partial charge in [-0.05, 0) is 41.0 Å². The molecular weight excluding hydrogens is 390 g/mol. The Bertz CT molecular complexity index is 1060. The van der Waals surface area contributed by atoms with Crippen molar-refractivity contribution in [3.63, 3.8) is 0 Å². The monoisotopic (exact) mass is 415 g/mol. The van der Waals surface area contributed by atoms with Crippen LogP contribution in [0.4, 0.5) is 0 Å². The number of amides is 2. The van der Waals surface area contributed by atoms with Gasteiger partial charge in [0.1, 0.15) is 0 Å². The molecule has 4 rings (SSSR count). The predicted molar refractivity (Wildman–Crippen MR) is 118 cm³/mol. The first kappa shape index (κ1) is 20.8. The van der Waals surface area contributed by atoms with E-state index in [4.69, 9.17) is 4.74 Å². The molecule has 2 amide bonds. The molecule has 31 heavy (non-hydrogen) atoms. The van der Waals surface area contributed by atoms with Gasteiger partial charge in [-0.25, -0.2) is 0 Å². The number of morpholine rings is 1. The van der Waals surface area contributed by atoms with Crippen molar-refractivity contribution in [2.24, 2.45) is 0 Å². The van der Waals surface area contributed by atoms with Crippen molar-refractivity contribution in [1.29, 1.82) is 0 Å². The minimum atomic E-state index is -1.17. The molecule has 2 aromatic carbocycles. The molecule has 0 aliphatic carbocycles. The maximum Gasteiger partial charge on any atom is 0.254 e. The molecule has 0 radical (unpaired) electrons. The Balaban J connectivity index is 1.67. The van der Waals surface area contributed by atoms with E-state index in [0.717, 1.165) is 16.7 Å². The Morgan fingerprint density at radius 2 is 1.74 bits per heavy atom. The first-order valence-corrected chi connectivity index (χ1v) is 10.3. The maximum absolute atomic E-state index is 13.1. The van der Waals surface area contributed by atoms with Crippen LogP contribution in [0.25, 0.3) is 11.1 Å². The molecule has 1 aliphatic heterocycles. The Labute approximate surface area is 181 Å². The summed E-state index contributed by atoms with van der Waals surface area (Å²) in [5.74, 6) is -0.331. The Morgan fingerprint density at radius 3 is 2.48 bits per heavy atom. The summed E-state index contributed by atoms with van der Waals surface area (Å²) >= 11 is 0. The zero-order chi connectivity index (χ0) is 21.7. The number of hydrogen-bond acceptors (Lipinski definition) is 4. The number of carbonyl (C=O) groups is 2. The summed E-state index contributed by atoms with van der Waals surface area (Å²) in [5.41, 5.74) is 2.45. The van der Waals surface area contributed by atoms with Crippen molar-refractivity contribution in [2.75, 3.05) is 26.7 Å². The average Bonchev–Trinajstić information content (AvgIpc) is 2.84. The highest BCUT2D eigenvalue weighted by molar-refractivity contribution is 5.95. The second kappa shape index (κ2) is 9.10. The zero-order valence-corrected chi connectivity index (χ0v) is 17.5. The molecule has 1 fully saturated rings. The highest BCUT2D eigenvalue weighted by atomic mass is 16.5. The first-order chi connectivity index (χ1) is 15.1. The highest BCUT2D eigenvalue weighted by Crippen LogP contribution is 2.30. The number of nitrogens with zero attached hydrogens (tertiary/aromatic N) is 2. The third kappa shape index (κ3) is 4.34. The summed E-state index contributed by atoms with van der Waals surface area (Å²) in [6.45, 7) is 0.924. The summed E-state index contributed by atoms with van der Waals surface area (Å²) in [6.07, 6.45) is 3.85. The van der Waals surface area contributed by atoms with Crippen molar-refractivity contribution in [1.82, 2.24) is 15.2 Å². The molecule has 1 atom stereocenters. The van der Waals surface area contributed by atoms with Crippen LogP contribution in [0, 0.1) is 0 Å². The van der Waals surface area contributed by atoms with E-state index < -0.39 is 5.60 Å². The predicted octanol–water partition coefficient (Wildman–Crippen LogP) is 2.95.